The molecule has 0 spiro atoms. The first-order valence-electron chi connectivity index (χ1n) is 8.76. The lowest BCUT2D eigenvalue weighted by Gasteiger charge is -2.31. The summed E-state index contributed by atoms with van der Waals surface area (Å²) < 4.78 is 5.86. The van der Waals surface area contributed by atoms with Gasteiger partial charge in [-0.2, -0.15) is 0 Å². The van der Waals surface area contributed by atoms with E-state index in [1.54, 1.807) is 0 Å². The average molecular weight is 309 g/mol. The molecule has 3 atom stereocenters. The van der Waals surface area contributed by atoms with E-state index in [0.29, 0.717) is 17.8 Å². The van der Waals surface area contributed by atoms with E-state index in [1.807, 2.05) is 6.08 Å². The van der Waals surface area contributed by atoms with Crippen LogP contribution in [-0.4, -0.2) is 35.0 Å². The minimum Gasteiger partial charge on any atom is -0.465 e. The van der Waals surface area contributed by atoms with Gasteiger partial charge in [-0.05, 0) is 30.6 Å². The van der Waals surface area contributed by atoms with Crippen LogP contribution in [0.3, 0.4) is 0 Å². The molecule has 0 aromatic heterocycles. The van der Waals surface area contributed by atoms with E-state index in [-0.39, 0.29) is 18.9 Å². The molecule has 1 heterocycles. The summed E-state index contributed by atoms with van der Waals surface area (Å²) in [5.41, 5.74) is 0. The number of ether oxygens (including phenoxy) is 1. The Hall–Kier alpha value is -1.03. The van der Waals surface area contributed by atoms with Crippen LogP contribution in [0.15, 0.2) is 12.7 Å². The van der Waals surface area contributed by atoms with Gasteiger partial charge in [0.05, 0.1) is 12.1 Å². The number of amides is 1. The first-order chi connectivity index (χ1) is 10.5. The molecule has 0 aromatic rings. The van der Waals surface area contributed by atoms with Crippen LogP contribution in [0.25, 0.3) is 0 Å². The number of rotatable bonds is 6. The van der Waals surface area contributed by atoms with Gasteiger partial charge in [0.2, 0.25) is 0 Å². The molecule has 1 saturated heterocycles. The first-order valence-corrected chi connectivity index (χ1v) is 8.76. The van der Waals surface area contributed by atoms with Crippen LogP contribution in [0.2, 0.25) is 0 Å². The Morgan fingerprint density at radius 3 is 2.59 bits per heavy atom. The Morgan fingerprint density at radius 2 is 2.05 bits per heavy atom. The van der Waals surface area contributed by atoms with Crippen molar-refractivity contribution in [3.8, 4) is 0 Å². The van der Waals surface area contributed by atoms with Crippen LogP contribution in [0.4, 0.5) is 4.79 Å². The predicted octanol–water partition coefficient (Wildman–Crippen LogP) is 4.51. The molecule has 1 N–H and O–H groups in total. The highest BCUT2D eigenvalue weighted by Gasteiger charge is 2.40. The fourth-order valence-corrected chi connectivity index (χ4v) is 3.96. The third-order valence-corrected chi connectivity index (χ3v) is 5.47. The zero-order chi connectivity index (χ0) is 16.1. The molecule has 126 valence electrons. The second-order valence-corrected chi connectivity index (χ2v) is 7.27. The first kappa shape index (κ1) is 17.3. The largest absolute Gasteiger partial charge is 0.465 e. The minimum absolute atomic E-state index is 0.0156. The van der Waals surface area contributed by atoms with Crippen molar-refractivity contribution in [3.63, 3.8) is 0 Å². The summed E-state index contributed by atoms with van der Waals surface area (Å²) in [5.74, 6) is 1.55. The summed E-state index contributed by atoms with van der Waals surface area (Å²) in [7, 11) is 0. The summed E-state index contributed by atoms with van der Waals surface area (Å²) in [6, 6.07) is 0.0156. The van der Waals surface area contributed by atoms with E-state index >= 15 is 0 Å². The maximum absolute atomic E-state index is 11.5. The summed E-state index contributed by atoms with van der Waals surface area (Å²) >= 11 is 0. The number of allylic oxidation sites excluding steroid dienone is 1. The molecule has 0 bridgehead atoms. The van der Waals surface area contributed by atoms with Crippen LogP contribution in [0, 0.1) is 17.8 Å². The Labute approximate surface area is 134 Å². The molecule has 1 aliphatic carbocycles. The van der Waals surface area contributed by atoms with E-state index in [1.165, 1.54) is 37.0 Å². The van der Waals surface area contributed by atoms with E-state index in [9.17, 15) is 9.90 Å². The highest BCUT2D eigenvalue weighted by Crippen LogP contribution is 2.35. The van der Waals surface area contributed by atoms with Crippen LogP contribution >= 0.6 is 0 Å². The van der Waals surface area contributed by atoms with Crippen LogP contribution in [0.1, 0.15) is 58.8 Å². The lowest BCUT2D eigenvalue weighted by molar-refractivity contribution is 0.0701. The zero-order valence-electron chi connectivity index (χ0n) is 14.0. The van der Waals surface area contributed by atoms with E-state index < -0.39 is 6.09 Å². The van der Waals surface area contributed by atoms with Gasteiger partial charge >= 0.3 is 6.09 Å². The van der Waals surface area contributed by atoms with Gasteiger partial charge in [-0.15, -0.1) is 6.58 Å². The van der Waals surface area contributed by atoms with Crippen molar-refractivity contribution in [3.05, 3.63) is 12.7 Å². The molecule has 1 aliphatic heterocycles. The van der Waals surface area contributed by atoms with Gasteiger partial charge in [0, 0.05) is 0 Å². The molecule has 1 saturated carbocycles. The number of carboxylic acid groups (broad SMARTS) is 1. The maximum Gasteiger partial charge on any atom is 0.409 e. The molecule has 4 heteroatoms. The Kier molecular flexibility index (Phi) is 6.30. The lowest BCUT2D eigenvalue weighted by Crippen LogP contribution is -2.41. The van der Waals surface area contributed by atoms with E-state index in [0.717, 1.165) is 12.8 Å². The molecule has 4 nitrogen and oxygen atoms in total. The quantitative estimate of drug-likeness (QED) is 0.734. The van der Waals surface area contributed by atoms with Gasteiger partial charge in [0.1, 0.15) is 6.73 Å². The Bertz CT molecular complexity index is 377. The van der Waals surface area contributed by atoms with Crippen LogP contribution in [0.5, 0.6) is 0 Å². The molecule has 2 aliphatic rings. The fourth-order valence-electron chi connectivity index (χ4n) is 3.96. The SMILES string of the molecule is C=CC(C[C@@H]1OCN(C(=O)O)[C@H]1CC1CCCCC1)C(C)C. The summed E-state index contributed by atoms with van der Waals surface area (Å²) in [5, 5.41) is 9.46. The normalized spacial score (nSPS) is 28.0. The van der Waals surface area contributed by atoms with Gasteiger partial charge in [0.25, 0.3) is 0 Å². The molecule has 2 fully saturated rings. The van der Waals surface area contributed by atoms with Crippen molar-refractivity contribution in [2.24, 2.45) is 17.8 Å². The van der Waals surface area contributed by atoms with E-state index in [4.69, 9.17) is 4.74 Å². The van der Waals surface area contributed by atoms with Crippen molar-refractivity contribution in [2.75, 3.05) is 6.73 Å². The monoisotopic (exact) mass is 309 g/mol. The van der Waals surface area contributed by atoms with Gasteiger partial charge < -0.3 is 9.84 Å². The number of nitrogens with zero attached hydrogens (tertiary/aromatic N) is 1. The lowest BCUT2D eigenvalue weighted by atomic mass is 9.81. The second-order valence-electron chi connectivity index (χ2n) is 7.27. The van der Waals surface area contributed by atoms with Gasteiger partial charge in [-0.1, -0.05) is 52.0 Å². The number of carbonyl (C=O) groups is 1. The molecular weight excluding hydrogens is 278 g/mol. The minimum atomic E-state index is -0.844. The molecule has 22 heavy (non-hydrogen) atoms. The Balaban J connectivity index is 2.03. The topological polar surface area (TPSA) is 49.8 Å². The average Bonchev–Trinajstić information content (AvgIpc) is 2.88. The van der Waals surface area contributed by atoms with Gasteiger partial charge in [-0.25, -0.2) is 4.79 Å². The molecule has 1 unspecified atom stereocenters. The van der Waals surface area contributed by atoms with Crippen molar-refractivity contribution < 1.29 is 14.6 Å². The Morgan fingerprint density at radius 1 is 1.36 bits per heavy atom. The molecule has 2 rings (SSSR count). The van der Waals surface area contributed by atoms with Crippen molar-refractivity contribution >= 4 is 6.09 Å². The molecular formula is C18H31NO3. The molecule has 1 amide bonds. The summed E-state index contributed by atoms with van der Waals surface area (Å²) in [6.45, 7) is 8.53. The predicted molar refractivity (Wildman–Crippen MR) is 87.7 cm³/mol. The third-order valence-electron chi connectivity index (χ3n) is 5.47. The zero-order valence-corrected chi connectivity index (χ0v) is 14.0. The van der Waals surface area contributed by atoms with Crippen LogP contribution < -0.4 is 0 Å². The molecule has 0 aromatic carbocycles. The summed E-state index contributed by atoms with van der Waals surface area (Å²) in [4.78, 5) is 13.0. The van der Waals surface area contributed by atoms with Gasteiger partial charge in [-0.3, -0.25) is 4.90 Å². The number of hydrogen-bond acceptors (Lipinski definition) is 2. The highest BCUT2D eigenvalue weighted by atomic mass is 16.5. The van der Waals surface area contributed by atoms with Crippen molar-refractivity contribution in [1.82, 2.24) is 4.90 Å². The third kappa shape index (κ3) is 4.25. The second kappa shape index (κ2) is 8.00. The van der Waals surface area contributed by atoms with Crippen molar-refractivity contribution in [2.45, 2.75) is 70.9 Å². The number of hydrogen-bond donors (Lipinski definition) is 1. The molecule has 0 radical (unpaired) electrons. The fraction of sp³-hybridized carbons (Fsp3) is 0.833. The standard InChI is InChI=1S/C18H31NO3/c1-4-15(13(2)3)11-17-16(19(12-22-17)18(20)21)10-14-8-6-5-7-9-14/h4,13-17H,1,5-12H2,2-3H3,(H,20,21)/t15?,16-,17-/m0/s1. The summed E-state index contributed by atoms with van der Waals surface area (Å²) in [6.07, 6.45) is 9.39. The van der Waals surface area contributed by atoms with Crippen LogP contribution in [-0.2, 0) is 4.74 Å². The smallest absolute Gasteiger partial charge is 0.409 e. The highest BCUT2D eigenvalue weighted by molar-refractivity contribution is 5.65. The van der Waals surface area contributed by atoms with Gasteiger partial charge in [0.15, 0.2) is 0 Å². The van der Waals surface area contributed by atoms with Crippen molar-refractivity contribution in [1.29, 1.82) is 0 Å². The van der Waals surface area contributed by atoms with E-state index in [2.05, 4.69) is 20.4 Å². The maximum atomic E-state index is 11.5.